The van der Waals surface area contributed by atoms with Gasteiger partial charge in [0.15, 0.2) is 4.34 Å². The number of carbonyl (C=O) groups is 1. The Balaban J connectivity index is 1.54. The van der Waals surface area contributed by atoms with Crippen molar-refractivity contribution in [1.29, 1.82) is 0 Å². The Morgan fingerprint density at radius 1 is 1.15 bits per heavy atom. The lowest BCUT2D eigenvalue weighted by Gasteiger charge is -2.06. The summed E-state index contributed by atoms with van der Waals surface area (Å²) in [6.07, 6.45) is 0. The fraction of sp³-hybridized carbons (Fsp3) is 0.167. The summed E-state index contributed by atoms with van der Waals surface area (Å²) < 4.78 is 1.60. The summed E-state index contributed by atoms with van der Waals surface area (Å²) in [4.78, 5) is 12.1. The van der Waals surface area contributed by atoms with E-state index in [4.69, 9.17) is 0 Å². The Labute approximate surface area is 168 Å². The number of benzene rings is 2. The summed E-state index contributed by atoms with van der Waals surface area (Å²) in [5.74, 6) is 0.195. The molecule has 0 radical (unpaired) electrons. The maximum atomic E-state index is 12.1. The highest BCUT2D eigenvalue weighted by Gasteiger charge is 2.10. The molecule has 26 heavy (non-hydrogen) atoms. The molecule has 0 unspecified atom stereocenters. The molecule has 0 atom stereocenters. The predicted octanol–water partition coefficient (Wildman–Crippen LogP) is 5.39. The standard InChI is InChI=1S/C18H17BrN4OS2/c1-11-7-8-13(9-12(11)2)20-17-22-23-18(26-17)25-10-16(24)21-15-6-4-3-5-14(15)19/h3-9H,10H2,1-2H3,(H,20,22)(H,21,24). The minimum atomic E-state index is -0.0826. The van der Waals surface area contributed by atoms with Gasteiger partial charge in [0.25, 0.3) is 0 Å². The average Bonchev–Trinajstić information content (AvgIpc) is 3.06. The quantitative estimate of drug-likeness (QED) is 0.494. The lowest BCUT2D eigenvalue weighted by atomic mass is 10.1. The molecule has 5 nitrogen and oxygen atoms in total. The van der Waals surface area contributed by atoms with Gasteiger partial charge < -0.3 is 10.6 Å². The van der Waals surface area contributed by atoms with Crippen LogP contribution in [0.15, 0.2) is 51.3 Å². The van der Waals surface area contributed by atoms with Crippen LogP contribution in [0.5, 0.6) is 0 Å². The Hall–Kier alpha value is -1.90. The number of anilines is 3. The molecule has 0 saturated heterocycles. The van der Waals surface area contributed by atoms with Crippen molar-refractivity contribution in [2.75, 3.05) is 16.4 Å². The summed E-state index contributed by atoms with van der Waals surface area (Å²) in [7, 11) is 0. The molecule has 3 rings (SSSR count). The third-order valence-corrected chi connectivity index (χ3v) is 6.30. The fourth-order valence-corrected chi connectivity index (χ4v) is 4.09. The second-order valence-corrected chi connectivity index (χ2v) is 8.67. The van der Waals surface area contributed by atoms with E-state index in [1.807, 2.05) is 30.3 Å². The van der Waals surface area contributed by atoms with Crippen LogP contribution in [0, 0.1) is 13.8 Å². The fourth-order valence-electron chi connectivity index (χ4n) is 2.14. The van der Waals surface area contributed by atoms with Gasteiger partial charge in [-0.05, 0) is 65.2 Å². The molecule has 134 valence electrons. The first-order valence-corrected chi connectivity index (χ1v) is 10.5. The number of amides is 1. The number of rotatable bonds is 6. The van der Waals surface area contributed by atoms with Crippen LogP contribution < -0.4 is 10.6 Å². The Morgan fingerprint density at radius 3 is 2.73 bits per heavy atom. The van der Waals surface area contributed by atoms with Crippen molar-refractivity contribution in [3.8, 4) is 0 Å². The molecule has 0 spiro atoms. The highest BCUT2D eigenvalue weighted by Crippen LogP contribution is 2.28. The number of halogens is 1. The first-order chi connectivity index (χ1) is 12.5. The molecule has 0 aliphatic carbocycles. The first kappa shape index (κ1) is 18.9. The average molecular weight is 449 g/mol. The molecule has 2 aromatic carbocycles. The number of hydrogen-bond acceptors (Lipinski definition) is 6. The van der Waals surface area contributed by atoms with Crippen molar-refractivity contribution in [3.63, 3.8) is 0 Å². The number of aromatic nitrogens is 2. The van der Waals surface area contributed by atoms with Crippen LogP contribution in [0.4, 0.5) is 16.5 Å². The normalized spacial score (nSPS) is 10.6. The van der Waals surface area contributed by atoms with E-state index in [-0.39, 0.29) is 11.7 Å². The van der Waals surface area contributed by atoms with E-state index in [2.05, 4.69) is 62.7 Å². The van der Waals surface area contributed by atoms with Gasteiger partial charge in [0.05, 0.1) is 11.4 Å². The Bertz CT molecular complexity index is 929. The summed E-state index contributed by atoms with van der Waals surface area (Å²) in [5, 5.41) is 15.1. The van der Waals surface area contributed by atoms with E-state index < -0.39 is 0 Å². The smallest absolute Gasteiger partial charge is 0.234 e. The van der Waals surface area contributed by atoms with Crippen LogP contribution in [0.3, 0.4) is 0 Å². The number of nitrogens with zero attached hydrogens (tertiary/aromatic N) is 2. The first-order valence-electron chi connectivity index (χ1n) is 7.86. The van der Waals surface area contributed by atoms with Crippen LogP contribution in [-0.2, 0) is 4.79 Å². The second-order valence-electron chi connectivity index (χ2n) is 5.61. The number of aryl methyl sites for hydroxylation is 2. The summed E-state index contributed by atoms with van der Waals surface area (Å²) in [6, 6.07) is 13.7. The van der Waals surface area contributed by atoms with Crippen LogP contribution in [-0.4, -0.2) is 21.9 Å². The van der Waals surface area contributed by atoms with Crippen molar-refractivity contribution in [2.24, 2.45) is 0 Å². The molecule has 0 aliphatic rings. The third-order valence-electron chi connectivity index (χ3n) is 3.64. The van der Waals surface area contributed by atoms with E-state index in [1.54, 1.807) is 0 Å². The maximum absolute atomic E-state index is 12.1. The molecule has 0 saturated carbocycles. The molecular formula is C18H17BrN4OS2. The molecule has 0 aliphatic heterocycles. The van der Waals surface area contributed by atoms with E-state index in [9.17, 15) is 4.79 Å². The van der Waals surface area contributed by atoms with Crippen molar-refractivity contribution in [1.82, 2.24) is 10.2 Å². The SMILES string of the molecule is Cc1ccc(Nc2nnc(SCC(=O)Nc3ccccc3Br)s2)cc1C. The van der Waals surface area contributed by atoms with Crippen LogP contribution in [0.2, 0.25) is 0 Å². The van der Waals surface area contributed by atoms with Crippen LogP contribution >= 0.6 is 39.0 Å². The van der Waals surface area contributed by atoms with Gasteiger partial charge in [0.2, 0.25) is 11.0 Å². The highest BCUT2D eigenvalue weighted by molar-refractivity contribution is 9.10. The lowest BCUT2D eigenvalue weighted by molar-refractivity contribution is -0.113. The topological polar surface area (TPSA) is 66.9 Å². The van der Waals surface area contributed by atoms with Gasteiger partial charge in [0.1, 0.15) is 0 Å². The monoisotopic (exact) mass is 448 g/mol. The predicted molar refractivity (Wildman–Crippen MR) is 113 cm³/mol. The summed E-state index contributed by atoms with van der Waals surface area (Å²) in [6.45, 7) is 4.16. The van der Waals surface area contributed by atoms with Crippen LogP contribution in [0.25, 0.3) is 0 Å². The van der Waals surface area contributed by atoms with Gasteiger partial charge in [-0.1, -0.05) is 41.3 Å². The molecular weight excluding hydrogens is 432 g/mol. The zero-order chi connectivity index (χ0) is 18.5. The van der Waals surface area contributed by atoms with Crippen molar-refractivity contribution in [2.45, 2.75) is 18.2 Å². The summed E-state index contributed by atoms with van der Waals surface area (Å²) in [5.41, 5.74) is 4.21. The molecule has 8 heteroatoms. The third kappa shape index (κ3) is 5.06. The minimum absolute atomic E-state index is 0.0826. The van der Waals surface area contributed by atoms with E-state index in [0.29, 0.717) is 5.13 Å². The highest BCUT2D eigenvalue weighted by atomic mass is 79.9. The number of para-hydroxylation sites is 1. The van der Waals surface area contributed by atoms with Crippen molar-refractivity contribution in [3.05, 3.63) is 58.1 Å². The number of carbonyl (C=O) groups excluding carboxylic acids is 1. The molecule has 2 N–H and O–H groups in total. The number of nitrogens with one attached hydrogen (secondary N) is 2. The van der Waals surface area contributed by atoms with Gasteiger partial charge >= 0.3 is 0 Å². The Morgan fingerprint density at radius 2 is 1.96 bits per heavy atom. The number of hydrogen-bond donors (Lipinski definition) is 2. The number of thioether (sulfide) groups is 1. The zero-order valence-corrected chi connectivity index (χ0v) is 17.5. The molecule has 0 bridgehead atoms. The second kappa shape index (κ2) is 8.66. The van der Waals surface area contributed by atoms with Crippen molar-refractivity contribution < 1.29 is 4.79 Å². The van der Waals surface area contributed by atoms with E-state index >= 15 is 0 Å². The molecule has 1 aromatic heterocycles. The van der Waals surface area contributed by atoms with Gasteiger partial charge in [0, 0.05) is 10.2 Å². The van der Waals surface area contributed by atoms with Gasteiger partial charge in [-0.15, -0.1) is 10.2 Å². The maximum Gasteiger partial charge on any atom is 0.234 e. The minimum Gasteiger partial charge on any atom is -0.330 e. The zero-order valence-electron chi connectivity index (χ0n) is 14.2. The van der Waals surface area contributed by atoms with Crippen LogP contribution in [0.1, 0.15) is 11.1 Å². The van der Waals surface area contributed by atoms with Crippen molar-refractivity contribution >= 4 is 61.4 Å². The van der Waals surface area contributed by atoms with Gasteiger partial charge in [-0.25, -0.2) is 0 Å². The van der Waals surface area contributed by atoms with E-state index in [1.165, 1.54) is 34.2 Å². The lowest BCUT2D eigenvalue weighted by Crippen LogP contribution is -2.14. The largest absolute Gasteiger partial charge is 0.330 e. The molecule has 1 amide bonds. The molecule has 3 aromatic rings. The molecule has 1 heterocycles. The summed E-state index contributed by atoms with van der Waals surface area (Å²) >= 11 is 6.21. The van der Waals surface area contributed by atoms with E-state index in [0.717, 1.165) is 20.2 Å². The Kier molecular flexibility index (Phi) is 6.29. The molecule has 0 fully saturated rings. The van der Waals surface area contributed by atoms with Gasteiger partial charge in [-0.2, -0.15) is 0 Å². The van der Waals surface area contributed by atoms with Gasteiger partial charge in [-0.3, -0.25) is 4.79 Å².